The van der Waals surface area contributed by atoms with Crippen molar-refractivity contribution in [1.82, 2.24) is 0 Å². The molecule has 1 N–H and O–H groups in total. The standard InChI is InChI=1S/C23H29NO6S2/c1-15-9-11-18(12-10-15)21(25)24(16(2)14-32(3,28)29)22-19(30-23(26)27)13-20(31-22)17-7-5-4-6-8-17/h4-8,13,15-16,18H,9-12,14H2,1-3H3,(H,26,27)/t15-,16?,18-. The molecule has 3 rings (SSSR count). The van der Waals surface area contributed by atoms with E-state index in [0.29, 0.717) is 10.9 Å². The molecule has 1 unspecified atom stereocenters. The van der Waals surface area contributed by atoms with E-state index >= 15 is 0 Å². The van der Waals surface area contributed by atoms with Crippen LogP contribution in [0.1, 0.15) is 39.5 Å². The second-order valence-electron chi connectivity index (χ2n) is 8.62. The van der Waals surface area contributed by atoms with Crippen molar-refractivity contribution in [3.05, 3.63) is 36.4 Å². The molecule has 2 aromatic rings. The second kappa shape index (κ2) is 10.0. The minimum absolute atomic E-state index is 0.0410. The highest BCUT2D eigenvalue weighted by molar-refractivity contribution is 7.90. The number of hydrogen-bond acceptors (Lipinski definition) is 6. The van der Waals surface area contributed by atoms with Crippen molar-refractivity contribution < 1.29 is 27.9 Å². The number of ether oxygens (including phenoxy) is 1. The van der Waals surface area contributed by atoms with Crippen LogP contribution >= 0.6 is 11.3 Å². The third kappa shape index (κ3) is 6.10. The van der Waals surface area contributed by atoms with Crippen LogP contribution in [0.2, 0.25) is 0 Å². The van der Waals surface area contributed by atoms with E-state index in [0.717, 1.165) is 42.4 Å². The first-order valence-electron chi connectivity index (χ1n) is 10.7. The van der Waals surface area contributed by atoms with Gasteiger partial charge in [-0.05, 0) is 44.1 Å². The molecule has 1 fully saturated rings. The van der Waals surface area contributed by atoms with Crippen LogP contribution in [-0.4, -0.2) is 43.6 Å². The maximum atomic E-state index is 13.7. The number of carbonyl (C=O) groups excluding carboxylic acids is 1. The van der Waals surface area contributed by atoms with Gasteiger partial charge in [0.15, 0.2) is 5.75 Å². The van der Waals surface area contributed by atoms with Crippen LogP contribution in [0.25, 0.3) is 10.4 Å². The van der Waals surface area contributed by atoms with Crippen molar-refractivity contribution in [2.75, 3.05) is 16.9 Å². The van der Waals surface area contributed by atoms with Gasteiger partial charge in [0, 0.05) is 29.2 Å². The molecule has 1 atom stereocenters. The molecule has 0 aliphatic heterocycles. The summed E-state index contributed by atoms with van der Waals surface area (Å²) in [5.41, 5.74) is 0.855. The van der Waals surface area contributed by atoms with Crippen molar-refractivity contribution in [1.29, 1.82) is 0 Å². The molecule has 0 bridgehead atoms. The van der Waals surface area contributed by atoms with Gasteiger partial charge in [-0.2, -0.15) is 0 Å². The van der Waals surface area contributed by atoms with E-state index in [1.807, 2.05) is 30.3 Å². The minimum atomic E-state index is -3.38. The number of thiophene rings is 1. The largest absolute Gasteiger partial charge is 0.511 e. The predicted octanol–water partition coefficient (Wildman–Crippen LogP) is 5.06. The predicted molar refractivity (Wildman–Crippen MR) is 126 cm³/mol. The molecule has 0 spiro atoms. The first-order valence-corrected chi connectivity index (χ1v) is 13.5. The molecule has 0 saturated heterocycles. The Balaban J connectivity index is 2.06. The van der Waals surface area contributed by atoms with E-state index in [1.54, 1.807) is 13.0 Å². The molecule has 1 aliphatic rings. The number of nitrogens with zero attached hydrogens (tertiary/aromatic N) is 1. The maximum Gasteiger partial charge on any atom is 0.511 e. The van der Waals surface area contributed by atoms with Crippen molar-refractivity contribution in [3.8, 4) is 16.2 Å². The zero-order chi connectivity index (χ0) is 23.5. The Kier molecular flexibility index (Phi) is 7.61. The molecule has 1 aromatic carbocycles. The number of rotatable bonds is 7. The Bertz CT molecular complexity index is 1060. The number of anilines is 1. The molecule has 1 heterocycles. The lowest BCUT2D eigenvalue weighted by Crippen LogP contribution is -2.46. The van der Waals surface area contributed by atoms with E-state index in [-0.39, 0.29) is 23.3 Å². The van der Waals surface area contributed by atoms with Crippen LogP contribution in [0.5, 0.6) is 5.75 Å². The Morgan fingerprint density at radius 2 is 1.81 bits per heavy atom. The zero-order valence-corrected chi connectivity index (χ0v) is 20.1. The Morgan fingerprint density at radius 1 is 1.19 bits per heavy atom. The number of amides is 1. The van der Waals surface area contributed by atoms with E-state index in [2.05, 4.69) is 6.92 Å². The van der Waals surface area contributed by atoms with Crippen LogP contribution in [0.15, 0.2) is 36.4 Å². The van der Waals surface area contributed by atoms with Crippen LogP contribution in [0.4, 0.5) is 9.80 Å². The summed E-state index contributed by atoms with van der Waals surface area (Å²) in [6.07, 6.45) is 2.97. The molecule has 1 saturated carbocycles. The maximum absolute atomic E-state index is 13.7. The van der Waals surface area contributed by atoms with E-state index < -0.39 is 22.0 Å². The summed E-state index contributed by atoms with van der Waals surface area (Å²) < 4.78 is 29.1. The summed E-state index contributed by atoms with van der Waals surface area (Å²) in [7, 11) is -3.38. The van der Waals surface area contributed by atoms with Gasteiger partial charge < -0.3 is 9.84 Å². The SMILES string of the molecule is CC(CS(C)(=O)=O)N(c1sc(-c2ccccc2)cc1OC(=O)O)C(=O)[C@H]1CC[C@H](C)CC1. The van der Waals surface area contributed by atoms with E-state index in [9.17, 15) is 23.1 Å². The summed E-state index contributed by atoms with van der Waals surface area (Å²) in [4.78, 5) is 27.2. The summed E-state index contributed by atoms with van der Waals surface area (Å²) in [5, 5.41) is 9.60. The molecule has 1 aliphatic carbocycles. The summed E-state index contributed by atoms with van der Waals surface area (Å²) >= 11 is 1.23. The summed E-state index contributed by atoms with van der Waals surface area (Å²) in [6.45, 7) is 3.84. The van der Waals surface area contributed by atoms with E-state index in [4.69, 9.17) is 4.74 Å². The van der Waals surface area contributed by atoms with Gasteiger partial charge in [0.2, 0.25) is 5.91 Å². The van der Waals surface area contributed by atoms with Gasteiger partial charge >= 0.3 is 6.16 Å². The van der Waals surface area contributed by atoms with Crippen molar-refractivity contribution in [2.24, 2.45) is 11.8 Å². The number of carbonyl (C=O) groups is 2. The first-order chi connectivity index (χ1) is 15.0. The molecule has 1 amide bonds. The first kappa shape index (κ1) is 24.3. The number of hydrogen-bond donors (Lipinski definition) is 1. The lowest BCUT2D eigenvalue weighted by Gasteiger charge is -2.34. The number of carboxylic acid groups (broad SMARTS) is 1. The highest BCUT2D eigenvalue weighted by atomic mass is 32.2. The fourth-order valence-electron chi connectivity index (χ4n) is 4.18. The van der Waals surface area contributed by atoms with Gasteiger partial charge in [0.05, 0.1) is 5.75 Å². The Hall–Kier alpha value is -2.39. The molecule has 0 radical (unpaired) electrons. The van der Waals surface area contributed by atoms with Gasteiger partial charge in [-0.15, -0.1) is 11.3 Å². The highest BCUT2D eigenvalue weighted by Gasteiger charge is 2.35. The van der Waals surface area contributed by atoms with E-state index in [1.165, 1.54) is 16.2 Å². The fourth-order valence-corrected chi connectivity index (χ4v) is 6.40. The normalized spacial score (nSPS) is 19.8. The van der Waals surface area contributed by atoms with Gasteiger partial charge in [0.1, 0.15) is 14.8 Å². The fraction of sp³-hybridized carbons (Fsp3) is 0.478. The molecule has 32 heavy (non-hydrogen) atoms. The average molecular weight is 480 g/mol. The monoisotopic (exact) mass is 479 g/mol. The van der Waals surface area contributed by atoms with Crippen LogP contribution in [0.3, 0.4) is 0 Å². The molecule has 174 valence electrons. The molecule has 7 nitrogen and oxygen atoms in total. The summed E-state index contributed by atoms with van der Waals surface area (Å²) in [5.74, 6) is -0.0390. The minimum Gasteiger partial charge on any atom is -0.449 e. The Labute approximate surface area is 192 Å². The smallest absolute Gasteiger partial charge is 0.449 e. The topological polar surface area (TPSA) is 101 Å². The van der Waals surface area contributed by atoms with Crippen molar-refractivity contribution in [2.45, 2.75) is 45.6 Å². The lowest BCUT2D eigenvalue weighted by molar-refractivity contribution is -0.123. The second-order valence-corrected chi connectivity index (χ2v) is 11.8. The van der Waals surface area contributed by atoms with Crippen LogP contribution < -0.4 is 9.64 Å². The quantitative estimate of drug-likeness (QED) is 0.557. The third-order valence-corrected chi connectivity index (χ3v) is 7.99. The molecular weight excluding hydrogens is 450 g/mol. The molecule has 1 aromatic heterocycles. The van der Waals surface area contributed by atoms with Crippen LogP contribution in [-0.2, 0) is 14.6 Å². The summed E-state index contributed by atoms with van der Waals surface area (Å²) in [6, 6.07) is 10.3. The average Bonchev–Trinajstić information content (AvgIpc) is 3.10. The van der Waals surface area contributed by atoms with Crippen LogP contribution in [0, 0.1) is 11.8 Å². The lowest BCUT2D eigenvalue weighted by atomic mass is 9.82. The van der Waals surface area contributed by atoms with Gasteiger partial charge in [-0.1, -0.05) is 37.3 Å². The van der Waals surface area contributed by atoms with Crippen molar-refractivity contribution >= 4 is 38.2 Å². The molecule has 9 heteroatoms. The Morgan fingerprint density at radius 3 is 2.38 bits per heavy atom. The van der Waals surface area contributed by atoms with Gasteiger partial charge in [-0.3, -0.25) is 9.69 Å². The number of benzene rings is 1. The highest BCUT2D eigenvalue weighted by Crippen LogP contribution is 2.45. The third-order valence-electron chi connectivity index (χ3n) is 5.74. The van der Waals surface area contributed by atoms with Gasteiger partial charge in [0.25, 0.3) is 0 Å². The number of sulfone groups is 1. The van der Waals surface area contributed by atoms with Gasteiger partial charge in [-0.25, -0.2) is 13.2 Å². The van der Waals surface area contributed by atoms with Crippen molar-refractivity contribution in [3.63, 3.8) is 0 Å². The molecular formula is C23H29NO6S2. The zero-order valence-electron chi connectivity index (χ0n) is 18.5.